The largest absolute Gasteiger partial charge is 0.465 e. The van der Waals surface area contributed by atoms with Crippen molar-refractivity contribution in [3.05, 3.63) is 156 Å². The second-order valence-corrected chi connectivity index (χ2v) is 15.0. The molecule has 1 aliphatic rings. The number of ketones is 1. The summed E-state index contributed by atoms with van der Waals surface area (Å²) in [5, 5.41) is 6.24. The summed E-state index contributed by atoms with van der Waals surface area (Å²) in [6.07, 6.45) is 0.933. The molecule has 9 rings (SSSR count). The molecule has 0 aromatic heterocycles. The highest BCUT2D eigenvalue weighted by Gasteiger charge is 2.39. The fraction of sp³-hybridized carbons (Fsp3) is 0.137. The molecule has 2 atom stereocenters. The van der Waals surface area contributed by atoms with Gasteiger partial charge in [0.2, 0.25) is 0 Å². The van der Waals surface area contributed by atoms with Gasteiger partial charge in [0.1, 0.15) is 0 Å². The Balaban J connectivity index is 1.34. The maximum Gasteiger partial charge on any atom is 0.337 e. The highest BCUT2D eigenvalue weighted by Crippen LogP contribution is 2.49. The van der Waals surface area contributed by atoms with Crippen LogP contribution in [0.25, 0.3) is 76.8 Å². The molecule has 58 heavy (non-hydrogen) atoms. The van der Waals surface area contributed by atoms with Crippen LogP contribution < -0.4 is 0 Å². The lowest BCUT2D eigenvalue weighted by atomic mass is 9.81. The van der Waals surface area contributed by atoms with Crippen LogP contribution in [0.15, 0.2) is 133 Å². The zero-order valence-electron chi connectivity index (χ0n) is 32.4. The SMILES string of the molecule is COC(=O)c1ccc(-c2cc(-c3ccc(C(=O)OC)cc3)c3ccc4c(-c5ccc(C(=O)C6CC6C)cc5)cc(-c5ccc(C(=O)OC)cc5)c5ccc2c3c54)cc1. The third-order valence-electron chi connectivity index (χ3n) is 11.7. The Kier molecular flexibility index (Phi) is 9.08. The van der Waals surface area contributed by atoms with Gasteiger partial charge in [-0.25, -0.2) is 14.4 Å². The van der Waals surface area contributed by atoms with Crippen LogP contribution in [0.5, 0.6) is 0 Å². The molecule has 0 bridgehead atoms. The van der Waals surface area contributed by atoms with Crippen LogP contribution in [0.3, 0.4) is 0 Å². The molecule has 0 saturated heterocycles. The zero-order valence-corrected chi connectivity index (χ0v) is 32.4. The molecule has 284 valence electrons. The number of carbonyl (C=O) groups is 4. The Morgan fingerprint density at radius 3 is 0.914 bits per heavy atom. The van der Waals surface area contributed by atoms with Crippen LogP contribution >= 0.6 is 0 Å². The highest BCUT2D eigenvalue weighted by molar-refractivity contribution is 6.32. The van der Waals surface area contributed by atoms with E-state index >= 15 is 0 Å². The molecule has 0 amide bonds. The lowest BCUT2D eigenvalue weighted by Gasteiger charge is -2.22. The van der Waals surface area contributed by atoms with Gasteiger partial charge in [-0.3, -0.25) is 4.79 Å². The molecule has 1 fully saturated rings. The third-order valence-corrected chi connectivity index (χ3v) is 11.7. The molecular weight excluding hydrogens is 725 g/mol. The van der Waals surface area contributed by atoms with E-state index in [0.717, 1.165) is 88.8 Å². The fourth-order valence-electron chi connectivity index (χ4n) is 8.38. The van der Waals surface area contributed by atoms with Crippen molar-refractivity contribution >= 4 is 56.0 Å². The molecule has 0 radical (unpaired) electrons. The first-order valence-corrected chi connectivity index (χ1v) is 19.2. The predicted molar refractivity (Wildman–Crippen MR) is 228 cm³/mol. The van der Waals surface area contributed by atoms with Crippen LogP contribution in [0.1, 0.15) is 54.8 Å². The smallest absolute Gasteiger partial charge is 0.337 e. The fourth-order valence-corrected chi connectivity index (χ4v) is 8.38. The monoisotopic (exact) mass is 762 g/mol. The molecular formula is C51H38O7. The summed E-state index contributed by atoms with van der Waals surface area (Å²) in [5.41, 5.74) is 9.76. The number of carbonyl (C=O) groups excluding carboxylic acids is 4. The Hall–Kier alpha value is -7.12. The number of methoxy groups -OCH3 is 3. The van der Waals surface area contributed by atoms with E-state index in [1.165, 1.54) is 21.3 Å². The number of benzene rings is 8. The van der Waals surface area contributed by atoms with Gasteiger partial charge in [0.15, 0.2) is 5.78 Å². The Bertz CT molecular complexity index is 2850. The number of esters is 3. The summed E-state index contributed by atoms with van der Waals surface area (Å²) in [4.78, 5) is 50.4. The molecule has 8 aromatic carbocycles. The minimum atomic E-state index is -0.410. The summed E-state index contributed by atoms with van der Waals surface area (Å²) >= 11 is 0. The standard InChI is InChI=1S/C51H38O7/c1-28-25-41(28)48(52)33-13-5-29(6-14-33)42-26-43(30-7-15-34(16-8-30)49(53)56-2)38-23-24-40-45(32-11-19-36(20-12-32)51(55)58-4)27-44(39-22-21-37(42)46(38)47(39)40)31-9-17-35(18-10-31)50(54)57-3/h5-24,26-28,41H,25H2,1-4H3. The normalized spacial score (nSPS) is 14.8. The van der Waals surface area contributed by atoms with Crippen LogP contribution in [0.2, 0.25) is 0 Å². The van der Waals surface area contributed by atoms with E-state index in [2.05, 4.69) is 43.3 Å². The molecule has 1 saturated carbocycles. The third kappa shape index (κ3) is 6.16. The first-order valence-electron chi connectivity index (χ1n) is 19.2. The Morgan fingerprint density at radius 2 is 0.672 bits per heavy atom. The predicted octanol–water partition coefficient (Wildman–Crippen LogP) is 11.5. The molecule has 7 heteroatoms. The van der Waals surface area contributed by atoms with E-state index < -0.39 is 17.9 Å². The van der Waals surface area contributed by atoms with Gasteiger partial charge < -0.3 is 14.2 Å². The number of hydrogen-bond acceptors (Lipinski definition) is 7. The van der Waals surface area contributed by atoms with Crippen LogP contribution in [-0.4, -0.2) is 45.0 Å². The number of hydrogen-bond donors (Lipinski definition) is 0. The second kappa shape index (κ2) is 14.4. The van der Waals surface area contributed by atoms with Crippen molar-refractivity contribution in [1.29, 1.82) is 0 Å². The van der Waals surface area contributed by atoms with Gasteiger partial charge in [-0.2, -0.15) is 0 Å². The number of rotatable bonds is 9. The van der Waals surface area contributed by atoms with Gasteiger partial charge in [0, 0.05) is 11.5 Å². The molecule has 8 aromatic rings. The van der Waals surface area contributed by atoms with Crippen molar-refractivity contribution in [1.82, 2.24) is 0 Å². The molecule has 2 unspecified atom stereocenters. The first-order chi connectivity index (χ1) is 28.2. The van der Waals surface area contributed by atoms with E-state index in [4.69, 9.17) is 14.2 Å². The Morgan fingerprint density at radius 1 is 0.414 bits per heavy atom. The molecule has 7 nitrogen and oxygen atoms in total. The first kappa shape index (κ1) is 36.5. The summed E-state index contributed by atoms with van der Waals surface area (Å²) in [5.74, 6) is -0.516. The van der Waals surface area contributed by atoms with E-state index in [1.54, 1.807) is 36.4 Å². The van der Waals surface area contributed by atoms with Gasteiger partial charge >= 0.3 is 17.9 Å². The molecule has 0 heterocycles. The van der Waals surface area contributed by atoms with E-state index in [9.17, 15) is 19.2 Å². The summed E-state index contributed by atoms with van der Waals surface area (Å²) in [6.45, 7) is 2.12. The van der Waals surface area contributed by atoms with Crippen LogP contribution in [0, 0.1) is 11.8 Å². The molecule has 1 aliphatic carbocycles. The van der Waals surface area contributed by atoms with Crippen molar-refractivity contribution in [2.75, 3.05) is 21.3 Å². The number of Topliss-reactive ketones (excluding diaryl/α,β-unsaturated/α-hetero) is 1. The summed E-state index contributed by atoms with van der Waals surface area (Å²) in [7, 11) is 4.11. The minimum absolute atomic E-state index is 0.0942. The van der Waals surface area contributed by atoms with Gasteiger partial charge in [0.05, 0.1) is 38.0 Å². The van der Waals surface area contributed by atoms with Crippen molar-refractivity contribution in [2.45, 2.75) is 13.3 Å². The van der Waals surface area contributed by atoms with Gasteiger partial charge in [-0.05, 0) is 138 Å². The van der Waals surface area contributed by atoms with Crippen molar-refractivity contribution in [3.63, 3.8) is 0 Å². The quantitative estimate of drug-likeness (QED) is 0.0625. The summed E-state index contributed by atoms with van der Waals surface area (Å²) < 4.78 is 15.0. The van der Waals surface area contributed by atoms with Gasteiger partial charge in [-0.15, -0.1) is 0 Å². The van der Waals surface area contributed by atoms with Crippen molar-refractivity contribution in [3.8, 4) is 44.5 Å². The van der Waals surface area contributed by atoms with Crippen LogP contribution in [-0.2, 0) is 14.2 Å². The van der Waals surface area contributed by atoms with E-state index in [0.29, 0.717) is 22.6 Å². The van der Waals surface area contributed by atoms with Crippen molar-refractivity contribution < 1.29 is 33.4 Å². The highest BCUT2D eigenvalue weighted by atomic mass is 16.5. The van der Waals surface area contributed by atoms with E-state index in [1.807, 2.05) is 60.7 Å². The molecule has 0 spiro atoms. The zero-order chi connectivity index (χ0) is 40.2. The maximum atomic E-state index is 13.2. The maximum absolute atomic E-state index is 13.2. The second-order valence-electron chi connectivity index (χ2n) is 15.0. The van der Waals surface area contributed by atoms with Gasteiger partial charge in [0.25, 0.3) is 0 Å². The molecule has 0 N–H and O–H groups in total. The minimum Gasteiger partial charge on any atom is -0.465 e. The lowest BCUT2D eigenvalue weighted by molar-refractivity contribution is 0.0592. The van der Waals surface area contributed by atoms with Gasteiger partial charge in [-0.1, -0.05) is 91.9 Å². The Labute approximate surface area is 335 Å². The van der Waals surface area contributed by atoms with Crippen molar-refractivity contribution in [2.24, 2.45) is 11.8 Å². The molecule has 0 aliphatic heterocycles. The lowest BCUT2D eigenvalue weighted by Crippen LogP contribution is -2.02. The van der Waals surface area contributed by atoms with E-state index in [-0.39, 0.29) is 11.7 Å². The average molecular weight is 763 g/mol. The average Bonchev–Trinajstić information content (AvgIpc) is 4.02. The topological polar surface area (TPSA) is 96.0 Å². The van der Waals surface area contributed by atoms with Crippen LogP contribution in [0.4, 0.5) is 0 Å². The summed E-state index contributed by atoms with van der Waals surface area (Å²) in [6, 6.07) is 43.3. The number of ether oxygens (including phenoxy) is 3.